The average Bonchev–Trinajstić information content (AvgIpc) is 3.18. The van der Waals surface area contributed by atoms with Crippen molar-refractivity contribution in [1.82, 2.24) is 30.0 Å². The number of carbonyl (C=O) groups excluding carboxylic acids is 1. The van der Waals surface area contributed by atoms with Crippen molar-refractivity contribution in [3.05, 3.63) is 35.7 Å². The Hall–Kier alpha value is -2.15. The molecule has 1 amide bonds. The Bertz CT molecular complexity index is 620. The smallest absolute Gasteiger partial charge is 0.257 e. The molecule has 1 saturated heterocycles. The standard InChI is InChI=1S/C15H22N6O/c1-3-4-12-11(9-18-19-12)15(22)21-8-7-20(2)13(10-21)14-16-5-6-17-14/h5-6,9,13H,3-4,7-8,10H2,1-2H3,(H,16,17)(H,18,19). The summed E-state index contributed by atoms with van der Waals surface area (Å²) in [6.45, 7) is 4.29. The Morgan fingerprint density at radius 1 is 1.45 bits per heavy atom. The molecule has 1 fully saturated rings. The van der Waals surface area contributed by atoms with Crippen LogP contribution in [0.15, 0.2) is 18.6 Å². The minimum absolute atomic E-state index is 0.0573. The molecule has 2 N–H and O–H groups in total. The number of carbonyl (C=O) groups is 1. The Balaban J connectivity index is 1.77. The van der Waals surface area contributed by atoms with Crippen molar-refractivity contribution in [1.29, 1.82) is 0 Å². The quantitative estimate of drug-likeness (QED) is 0.889. The number of hydrogen-bond donors (Lipinski definition) is 2. The third-order valence-electron chi connectivity index (χ3n) is 4.22. The summed E-state index contributed by atoms with van der Waals surface area (Å²) in [5.74, 6) is 0.961. The van der Waals surface area contributed by atoms with Crippen LogP contribution in [-0.4, -0.2) is 62.6 Å². The molecule has 0 radical (unpaired) electrons. The van der Waals surface area contributed by atoms with Gasteiger partial charge >= 0.3 is 0 Å². The monoisotopic (exact) mass is 302 g/mol. The van der Waals surface area contributed by atoms with E-state index in [1.807, 2.05) is 11.1 Å². The number of amides is 1. The Labute approximate surface area is 129 Å². The zero-order valence-corrected chi connectivity index (χ0v) is 13.0. The second kappa shape index (κ2) is 6.31. The second-order valence-corrected chi connectivity index (χ2v) is 5.73. The van der Waals surface area contributed by atoms with Crippen molar-refractivity contribution in [2.24, 2.45) is 0 Å². The number of imidazole rings is 1. The van der Waals surface area contributed by atoms with Crippen LogP contribution >= 0.6 is 0 Å². The number of likely N-dealkylation sites (N-methyl/N-ethyl adjacent to an activating group) is 1. The highest BCUT2D eigenvalue weighted by molar-refractivity contribution is 5.95. The molecule has 118 valence electrons. The maximum absolute atomic E-state index is 12.8. The van der Waals surface area contributed by atoms with E-state index in [1.54, 1.807) is 12.4 Å². The zero-order valence-electron chi connectivity index (χ0n) is 13.0. The first kappa shape index (κ1) is 14.8. The predicted molar refractivity (Wildman–Crippen MR) is 82.4 cm³/mol. The van der Waals surface area contributed by atoms with Gasteiger partial charge in [0.25, 0.3) is 5.91 Å². The Kier molecular flexibility index (Phi) is 4.24. The lowest BCUT2D eigenvalue weighted by Crippen LogP contribution is -2.49. The van der Waals surface area contributed by atoms with Crippen LogP contribution in [0.3, 0.4) is 0 Å². The zero-order chi connectivity index (χ0) is 15.5. The van der Waals surface area contributed by atoms with Crippen LogP contribution in [0.25, 0.3) is 0 Å². The van der Waals surface area contributed by atoms with Crippen LogP contribution in [-0.2, 0) is 6.42 Å². The number of nitrogens with one attached hydrogen (secondary N) is 2. The summed E-state index contributed by atoms with van der Waals surface area (Å²) >= 11 is 0. The van der Waals surface area contributed by atoms with Gasteiger partial charge in [-0.25, -0.2) is 4.98 Å². The van der Waals surface area contributed by atoms with Gasteiger partial charge in [-0.2, -0.15) is 5.10 Å². The maximum Gasteiger partial charge on any atom is 0.257 e. The third kappa shape index (κ3) is 2.76. The number of rotatable bonds is 4. The number of aromatic amines is 2. The van der Waals surface area contributed by atoms with Gasteiger partial charge in [-0.15, -0.1) is 0 Å². The molecule has 1 aliphatic heterocycles. The molecule has 0 bridgehead atoms. The Morgan fingerprint density at radius 2 is 2.32 bits per heavy atom. The molecule has 1 aliphatic rings. The van der Waals surface area contributed by atoms with Crippen molar-refractivity contribution in [3.8, 4) is 0 Å². The van der Waals surface area contributed by atoms with Gasteiger partial charge in [-0.1, -0.05) is 13.3 Å². The average molecular weight is 302 g/mol. The predicted octanol–water partition coefficient (Wildman–Crippen LogP) is 1.21. The molecule has 1 unspecified atom stereocenters. The minimum atomic E-state index is 0.0573. The highest BCUT2D eigenvalue weighted by Gasteiger charge is 2.31. The molecule has 3 heterocycles. The van der Waals surface area contributed by atoms with Gasteiger partial charge in [-0.3, -0.25) is 14.8 Å². The fraction of sp³-hybridized carbons (Fsp3) is 0.533. The summed E-state index contributed by atoms with van der Waals surface area (Å²) in [6.07, 6.45) is 7.04. The molecule has 22 heavy (non-hydrogen) atoms. The lowest BCUT2D eigenvalue weighted by molar-refractivity contribution is 0.0533. The summed E-state index contributed by atoms with van der Waals surface area (Å²) in [7, 11) is 2.06. The van der Waals surface area contributed by atoms with Crippen LogP contribution in [0.2, 0.25) is 0 Å². The first-order chi connectivity index (χ1) is 10.7. The molecule has 0 aliphatic carbocycles. The van der Waals surface area contributed by atoms with Crippen molar-refractivity contribution >= 4 is 5.91 Å². The van der Waals surface area contributed by atoms with Crippen LogP contribution in [0.1, 0.15) is 41.3 Å². The number of H-pyrrole nitrogens is 2. The van der Waals surface area contributed by atoms with Gasteiger partial charge in [0, 0.05) is 37.7 Å². The molecular weight excluding hydrogens is 280 g/mol. The second-order valence-electron chi connectivity index (χ2n) is 5.73. The molecule has 2 aromatic heterocycles. The van der Waals surface area contributed by atoms with Crippen LogP contribution in [0.4, 0.5) is 0 Å². The highest BCUT2D eigenvalue weighted by Crippen LogP contribution is 2.23. The summed E-state index contributed by atoms with van der Waals surface area (Å²) in [4.78, 5) is 24.4. The van der Waals surface area contributed by atoms with E-state index < -0.39 is 0 Å². The molecule has 2 aromatic rings. The lowest BCUT2D eigenvalue weighted by atomic mass is 10.1. The molecule has 0 aromatic carbocycles. The first-order valence-corrected chi connectivity index (χ1v) is 7.71. The van der Waals surface area contributed by atoms with Crippen LogP contribution < -0.4 is 0 Å². The fourth-order valence-corrected chi connectivity index (χ4v) is 2.92. The van der Waals surface area contributed by atoms with Crippen LogP contribution in [0, 0.1) is 0 Å². The molecule has 0 saturated carbocycles. The highest BCUT2D eigenvalue weighted by atomic mass is 16.2. The number of nitrogens with zero attached hydrogens (tertiary/aromatic N) is 4. The summed E-state index contributed by atoms with van der Waals surface area (Å²) in [6, 6.07) is 0.106. The normalized spacial score (nSPS) is 19.5. The fourth-order valence-electron chi connectivity index (χ4n) is 2.92. The van der Waals surface area contributed by atoms with Gasteiger partial charge in [0.15, 0.2) is 0 Å². The number of aryl methyl sites for hydroxylation is 1. The van der Waals surface area contributed by atoms with Gasteiger partial charge in [-0.05, 0) is 13.5 Å². The molecule has 1 atom stereocenters. The Morgan fingerprint density at radius 3 is 3.05 bits per heavy atom. The van der Waals surface area contributed by atoms with E-state index in [1.165, 1.54) is 0 Å². The maximum atomic E-state index is 12.8. The van der Waals surface area contributed by atoms with Crippen molar-refractivity contribution < 1.29 is 4.79 Å². The first-order valence-electron chi connectivity index (χ1n) is 7.71. The van der Waals surface area contributed by atoms with E-state index in [4.69, 9.17) is 0 Å². The van der Waals surface area contributed by atoms with E-state index >= 15 is 0 Å². The SMILES string of the molecule is CCCc1[nH]ncc1C(=O)N1CCN(C)C(c2ncc[nH]2)C1. The van der Waals surface area contributed by atoms with Crippen LogP contribution in [0.5, 0.6) is 0 Å². The van der Waals surface area contributed by atoms with E-state index in [0.717, 1.165) is 37.4 Å². The van der Waals surface area contributed by atoms with E-state index in [0.29, 0.717) is 12.1 Å². The largest absolute Gasteiger partial charge is 0.347 e. The van der Waals surface area contributed by atoms with Gasteiger partial charge in [0.1, 0.15) is 5.82 Å². The lowest BCUT2D eigenvalue weighted by Gasteiger charge is -2.38. The third-order valence-corrected chi connectivity index (χ3v) is 4.22. The van der Waals surface area contributed by atoms with Gasteiger partial charge < -0.3 is 9.88 Å². The number of hydrogen-bond acceptors (Lipinski definition) is 4. The van der Waals surface area contributed by atoms with Gasteiger partial charge in [0.2, 0.25) is 0 Å². The molecule has 3 rings (SSSR count). The molecule has 7 nitrogen and oxygen atoms in total. The van der Waals surface area contributed by atoms with Crippen molar-refractivity contribution in [2.45, 2.75) is 25.8 Å². The molecule has 7 heteroatoms. The molecule has 0 spiro atoms. The van der Waals surface area contributed by atoms with E-state index in [-0.39, 0.29) is 11.9 Å². The topological polar surface area (TPSA) is 80.9 Å². The van der Waals surface area contributed by atoms with Gasteiger partial charge in [0.05, 0.1) is 17.8 Å². The van der Waals surface area contributed by atoms with Crippen molar-refractivity contribution in [3.63, 3.8) is 0 Å². The molecular formula is C15H22N6O. The minimum Gasteiger partial charge on any atom is -0.347 e. The summed E-state index contributed by atoms with van der Waals surface area (Å²) in [5, 5.41) is 6.99. The van der Waals surface area contributed by atoms with E-state index in [9.17, 15) is 4.79 Å². The van der Waals surface area contributed by atoms with Crippen molar-refractivity contribution in [2.75, 3.05) is 26.7 Å². The summed E-state index contributed by atoms with van der Waals surface area (Å²) in [5.41, 5.74) is 1.63. The summed E-state index contributed by atoms with van der Waals surface area (Å²) < 4.78 is 0. The number of piperazine rings is 1. The van der Waals surface area contributed by atoms with E-state index in [2.05, 4.69) is 39.0 Å². The number of aromatic nitrogens is 4.